The largest absolute Gasteiger partial charge is 0.497 e. The molecule has 1 atom stereocenters. The van der Waals surface area contributed by atoms with E-state index in [1.165, 1.54) is 18.4 Å². The average molecular weight is 340 g/mol. The van der Waals surface area contributed by atoms with Crippen molar-refractivity contribution in [2.24, 2.45) is 5.92 Å². The highest BCUT2D eigenvalue weighted by Crippen LogP contribution is 2.23. The molecular weight excluding hydrogens is 312 g/mol. The number of ether oxygens (including phenoxy) is 1. The topological polar surface area (TPSA) is 50.3 Å². The van der Waals surface area contributed by atoms with Crippen LogP contribution < -0.4 is 15.0 Å². The number of nitrogens with one attached hydrogen (secondary N) is 1. The summed E-state index contributed by atoms with van der Waals surface area (Å²) in [6, 6.07) is 10.3. The molecular formula is C20H28N4O. The van der Waals surface area contributed by atoms with E-state index in [0.29, 0.717) is 0 Å². The number of hydrogen-bond donors (Lipinski definition) is 1. The van der Waals surface area contributed by atoms with Crippen LogP contribution in [0.1, 0.15) is 31.2 Å². The second-order valence-corrected chi connectivity index (χ2v) is 6.88. The minimum atomic E-state index is 0.730. The van der Waals surface area contributed by atoms with Gasteiger partial charge in [0.2, 0.25) is 0 Å². The highest BCUT2D eigenvalue weighted by atomic mass is 16.5. The summed E-state index contributed by atoms with van der Waals surface area (Å²) in [5.41, 5.74) is 1.25. The van der Waals surface area contributed by atoms with Crippen LogP contribution in [0.3, 0.4) is 0 Å². The molecule has 1 aliphatic heterocycles. The van der Waals surface area contributed by atoms with Gasteiger partial charge in [-0.05, 0) is 49.8 Å². The maximum Gasteiger partial charge on any atom is 0.134 e. The SMILES string of the molecule is COc1cccc(CCNc2cc(N3CCCC(C)C3)nc(C)n2)c1. The quantitative estimate of drug-likeness (QED) is 0.869. The van der Waals surface area contributed by atoms with Crippen molar-refractivity contribution < 1.29 is 4.74 Å². The number of piperidine rings is 1. The third-order valence-electron chi connectivity index (χ3n) is 4.66. The van der Waals surface area contributed by atoms with Crippen molar-refractivity contribution in [2.75, 3.05) is 37.0 Å². The fourth-order valence-electron chi connectivity index (χ4n) is 3.36. The molecule has 0 bridgehead atoms. The van der Waals surface area contributed by atoms with Gasteiger partial charge in [-0.2, -0.15) is 0 Å². The van der Waals surface area contributed by atoms with Gasteiger partial charge in [0.1, 0.15) is 23.2 Å². The minimum Gasteiger partial charge on any atom is -0.497 e. The van der Waals surface area contributed by atoms with Crippen LogP contribution in [0.5, 0.6) is 5.75 Å². The molecule has 25 heavy (non-hydrogen) atoms. The van der Waals surface area contributed by atoms with Crippen molar-refractivity contribution >= 4 is 11.6 Å². The van der Waals surface area contributed by atoms with Crippen LogP contribution in [0.4, 0.5) is 11.6 Å². The molecule has 0 aliphatic carbocycles. The van der Waals surface area contributed by atoms with Crippen molar-refractivity contribution in [3.8, 4) is 5.75 Å². The molecule has 5 nitrogen and oxygen atoms in total. The van der Waals surface area contributed by atoms with Gasteiger partial charge in [-0.25, -0.2) is 9.97 Å². The Labute approximate surface area is 150 Å². The summed E-state index contributed by atoms with van der Waals surface area (Å²) >= 11 is 0. The molecule has 2 heterocycles. The summed E-state index contributed by atoms with van der Waals surface area (Å²) < 4.78 is 5.28. The van der Waals surface area contributed by atoms with E-state index in [0.717, 1.165) is 55.2 Å². The maximum atomic E-state index is 5.28. The van der Waals surface area contributed by atoms with E-state index in [2.05, 4.69) is 45.3 Å². The van der Waals surface area contributed by atoms with E-state index in [1.54, 1.807) is 7.11 Å². The van der Waals surface area contributed by atoms with E-state index >= 15 is 0 Å². The third-order valence-corrected chi connectivity index (χ3v) is 4.66. The first-order chi connectivity index (χ1) is 12.1. The molecule has 1 aromatic carbocycles. The summed E-state index contributed by atoms with van der Waals surface area (Å²) in [7, 11) is 1.70. The Morgan fingerprint density at radius 1 is 1.28 bits per heavy atom. The van der Waals surface area contributed by atoms with Crippen LogP contribution in [-0.2, 0) is 6.42 Å². The standard InChI is InChI=1S/C20H28N4O/c1-15-6-5-11-24(14-15)20-13-19(22-16(2)23-20)21-10-9-17-7-4-8-18(12-17)25-3/h4,7-8,12-13,15H,5-6,9-11,14H2,1-3H3,(H,21,22,23). The number of rotatable bonds is 6. The molecule has 3 rings (SSSR count). The Balaban J connectivity index is 1.62. The number of aromatic nitrogens is 2. The Hall–Kier alpha value is -2.30. The minimum absolute atomic E-state index is 0.730. The number of aryl methyl sites for hydroxylation is 1. The van der Waals surface area contributed by atoms with Gasteiger partial charge in [0.05, 0.1) is 7.11 Å². The van der Waals surface area contributed by atoms with Gasteiger partial charge < -0.3 is 15.0 Å². The van der Waals surface area contributed by atoms with Crippen LogP contribution in [0, 0.1) is 12.8 Å². The van der Waals surface area contributed by atoms with Gasteiger partial charge in [0.15, 0.2) is 0 Å². The summed E-state index contributed by atoms with van der Waals surface area (Å²) in [5, 5.41) is 3.44. The van der Waals surface area contributed by atoms with E-state index in [9.17, 15) is 0 Å². The molecule has 1 N–H and O–H groups in total. The zero-order chi connectivity index (χ0) is 17.6. The molecule has 5 heteroatoms. The first-order valence-corrected chi connectivity index (χ1v) is 9.11. The summed E-state index contributed by atoms with van der Waals surface area (Å²) in [5.74, 6) is 4.40. The molecule has 1 aromatic heterocycles. The first-order valence-electron chi connectivity index (χ1n) is 9.11. The van der Waals surface area contributed by atoms with Gasteiger partial charge in [0, 0.05) is 25.7 Å². The molecule has 0 spiro atoms. The van der Waals surface area contributed by atoms with Crippen LogP contribution in [0.25, 0.3) is 0 Å². The molecule has 1 unspecified atom stereocenters. The van der Waals surface area contributed by atoms with Crippen LogP contribution in [0.2, 0.25) is 0 Å². The highest BCUT2D eigenvalue weighted by Gasteiger charge is 2.18. The number of hydrogen-bond acceptors (Lipinski definition) is 5. The molecule has 1 fully saturated rings. The Bertz CT molecular complexity index is 704. The lowest BCUT2D eigenvalue weighted by molar-refractivity contribution is 0.414. The second kappa shape index (κ2) is 8.19. The Morgan fingerprint density at radius 3 is 2.96 bits per heavy atom. The maximum absolute atomic E-state index is 5.28. The molecule has 1 saturated heterocycles. The van der Waals surface area contributed by atoms with Crippen molar-refractivity contribution in [1.82, 2.24) is 9.97 Å². The Morgan fingerprint density at radius 2 is 2.16 bits per heavy atom. The lowest BCUT2D eigenvalue weighted by Crippen LogP contribution is -2.35. The number of methoxy groups -OCH3 is 1. The van der Waals surface area contributed by atoms with Gasteiger partial charge in [0.25, 0.3) is 0 Å². The fraction of sp³-hybridized carbons (Fsp3) is 0.500. The van der Waals surface area contributed by atoms with Crippen molar-refractivity contribution in [1.29, 1.82) is 0 Å². The van der Waals surface area contributed by atoms with Crippen molar-refractivity contribution in [3.63, 3.8) is 0 Å². The lowest BCUT2D eigenvalue weighted by Gasteiger charge is -2.32. The highest BCUT2D eigenvalue weighted by molar-refractivity contribution is 5.49. The molecule has 2 aromatic rings. The number of benzene rings is 1. The summed E-state index contributed by atoms with van der Waals surface area (Å²) in [6.07, 6.45) is 3.48. The zero-order valence-electron chi connectivity index (χ0n) is 15.5. The van der Waals surface area contributed by atoms with Crippen LogP contribution in [0.15, 0.2) is 30.3 Å². The normalized spacial score (nSPS) is 17.4. The number of nitrogens with zero attached hydrogens (tertiary/aromatic N) is 3. The molecule has 134 valence electrons. The lowest BCUT2D eigenvalue weighted by atomic mass is 10.0. The first kappa shape index (κ1) is 17.5. The van der Waals surface area contributed by atoms with Gasteiger partial charge in [-0.3, -0.25) is 0 Å². The van der Waals surface area contributed by atoms with Crippen LogP contribution in [-0.4, -0.2) is 36.7 Å². The molecule has 0 amide bonds. The predicted molar refractivity (Wildman–Crippen MR) is 103 cm³/mol. The van der Waals surface area contributed by atoms with Gasteiger partial charge in [-0.15, -0.1) is 0 Å². The van der Waals surface area contributed by atoms with Crippen LogP contribution >= 0.6 is 0 Å². The molecule has 1 aliphatic rings. The monoisotopic (exact) mass is 340 g/mol. The molecule has 0 radical (unpaired) electrons. The Kier molecular flexibility index (Phi) is 5.74. The third kappa shape index (κ3) is 4.84. The van der Waals surface area contributed by atoms with Gasteiger partial charge >= 0.3 is 0 Å². The van der Waals surface area contributed by atoms with E-state index in [-0.39, 0.29) is 0 Å². The van der Waals surface area contributed by atoms with Crippen molar-refractivity contribution in [2.45, 2.75) is 33.1 Å². The average Bonchev–Trinajstić information content (AvgIpc) is 2.61. The smallest absolute Gasteiger partial charge is 0.134 e. The summed E-state index contributed by atoms with van der Waals surface area (Å²) in [6.45, 7) is 7.28. The predicted octanol–water partition coefficient (Wildman–Crippen LogP) is 3.68. The zero-order valence-corrected chi connectivity index (χ0v) is 15.5. The molecule has 0 saturated carbocycles. The van der Waals surface area contributed by atoms with Crippen molar-refractivity contribution in [3.05, 3.63) is 41.7 Å². The van der Waals surface area contributed by atoms with E-state index in [4.69, 9.17) is 4.74 Å². The number of anilines is 2. The van der Waals surface area contributed by atoms with E-state index < -0.39 is 0 Å². The van der Waals surface area contributed by atoms with E-state index in [1.807, 2.05) is 19.1 Å². The fourth-order valence-corrected chi connectivity index (χ4v) is 3.36. The van der Waals surface area contributed by atoms with Gasteiger partial charge in [-0.1, -0.05) is 19.1 Å². The summed E-state index contributed by atoms with van der Waals surface area (Å²) in [4.78, 5) is 11.6. The second-order valence-electron chi connectivity index (χ2n) is 6.88.